The Morgan fingerprint density at radius 3 is 1.08 bits per heavy atom. The zero-order valence-corrected chi connectivity index (χ0v) is 82.7. The third-order valence-corrected chi connectivity index (χ3v) is 24.7. The zero-order valence-electron chi connectivity index (χ0n) is 82.7. The number of pyridine rings is 5. The molecule has 20 rings (SSSR count). The number of aromatic hydroxyl groups is 1. The van der Waals surface area contributed by atoms with Gasteiger partial charge in [0.1, 0.15) is 40.7 Å². The molecule has 0 aliphatic heterocycles. The first-order valence-electron chi connectivity index (χ1n) is 46.9. The number of nitrogens with zero attached hydrogens (tertiary/aromatic N) is 22. The van der Waals surface area contributed by atoms with Crippen molar-refractivity contribution in [2.45, 2.75) is 99.0 Å². The van der Waals surface area contributed by atoms with Crippen LogP contribution in [0, 0.1) is 54.3 Å². The molecule has 20 aromatic rings. The van der Waals surface area contributed by atoms with Crippen LogP contribution in [0.4, 0.5) is 59.6 Å². The standard InChI is InChI=1S/C29H24F3N5O2.C28H24N8O2.C28H24N8O.C28H22N6O2/c1-17(12-24-23(29(30,31)32)16-33-18(2)36-24)25-13-19-8-7-11-22(20-14-34-28(39-3)35-15-20)26(19)27(38)37(25)21-9-5-4-6-10-21;1-16-7-5-9-20(11-16)36-23(17(2)34-25-22(30-3)15-31-27(29)35-25)12-18-8-6-10-21(24(18)26(36)37)19-13-32-28(38-4)33-14-19;1-16-7-5-9-21(11-16)36-24(17(2)34-26-23(30-4)15-33-28(29)35-26)12-19-8-6-10-22(25(19)27(36)37)20-13-31-18(3)32-14-20;1-17(32-27-24(29-3)16-31-18(2)33-27)25-13-19-8-7-11-23(20-12-22(35)15-30-14-20)26(19)28(36)34(25)21-9-5-4-6-10-21/h4-11,13-17H,12H2,1-3H3;5-15,17H,1-2,4H3,(H3,29,31,34,35);5-15,17H,1-3H3,(H3,29,33,34,35);4-17,35H,1-2H3,(H,31,32,33)/t4*17-/m1000/s1. The maximum atomic E-state index is 14.3. The van der Waals surface area contributed by atoms with Crippen LogP contribution in [0.15, 0.2) is 306 Å². The van der Waals surface area contributed by atoms with E-state index in [2.05, 4.69) is 105 Å². The number of fused-ring (bicyclic) bond motifs is 4. The molecule has 150 heavy (non-hydrogen) atoms. The van der Waals surface area contributed by atoms with Gasteiger partial charge in [0.25, 0.3) is 22.2 Å². The molecule has 744 valence electrons. The number of methoxy groups -OCH3 is 2. The summed E-state index contributed by atoms with van der Waals surface area (Å²) in [4.78, 5) is 130. The van der Waals surface area contributed by atoms with Crippen molar-refractivity contribution in [2.24, 2.45) is 0 Å². The molecule has 0 spiro atoms. The average Bonchev–Trinajstić information content (AvgIpc) is 0.755. The summed E-state index contributed by atoms with van der Waals surface area (Å²) in [5.74, 6) is 2.11. The molecule has 0 bridgehead atoms. The molecule has 0 saturated carbocycles. The molecule has 37 heteroatoms. The molecule has 0 saturated heterocycles. The number of rotatable bonds is 22. The summed E-state index contributed by atoms with van der Waals surface area (Å²) in [6.07, 6.45) is 13.3. The second-order valence-electron chi connectivity index (χ2n) is 35.0. The van der Waals surface area contributed by atoms with E-state index in [1.165, 1.54) is 39.0 Å². The molecule has 34 nitrogen and oxygen atoms in total. The number of alkyl halides is 3. The molecule has 8 N–H and O–H groups in total. The van der Waals surface area contributed by atoms with Crippen LogP contribution in [-0.2, 0) is 12.6 Å². The van der Waals surface area contributed by atoms with Gasteiger partial charge < -0.3 is 42.0 Å². The SMILES string of the molecule is COc1ncc(-c2cccc3cc([C@H](C)Cc4nc(C)ncc4C(F)(F)F)n(-c4ccccc4)c(=O)c23)cn1.[C-]#[N+]c1cnc(C)nc1N[C@@H](C)c1cc2cccc(-c3cncc(O)c3)c2c(=O)n1-c1ccccc1.[C-]#[N+]c1cnc(N)nc1N[C@@H](C)c1cc2cccc(-c3cnc(C)nc3)c2c(=O)n1-c1cccc(C)c1.[C-]#[N+]c1cnc(N)nc1N[C@@H](C)c1cc2cccc(-c3cnc(OC)nc3)c2c(=O)n1-c1cccc(C)c1. The Kier molecular flexibility index (Phi) is 29.8. The summed E-state index contributed by atoms with van der Waals surface area (Å²) >= 11 is 0. The van der Waals surface area contributed by atoms with Crippen molar-refractivity contribution in [3.63, 3.8) is 0 Å². The number of anilines is 5. The number of aryl methyl sites for hydroxylation is 5. The van der Waals surface area contributed by atoms with Gasteiger partial charge in [0, 0.05) is 142 Å². The number of nitrogens with one attached hydrogen (secondary N) is 3. The minimum Gasteiger partial charge on any atom is -0.506 e. The number of aromatic nitrogens is 19. The number of nitrogens with two attached hydrogens (primary N) is 2. The van der Waals surface area contributed by atoms with Crippen molar-refractivity contribution in [1.82, 2.24) is 93.0 Å². The normalized spacial score (nSPS) is 11.9. The van der Waals surface area contributed by atoms with E-state index in [-0.39, 0.29) is 87.3 Å². The molecular formula is C113H94F3N27O7. The lowest BCUT2D eigenvalue weighted by atomic mass is 9.94. The third kappa shape index (κ3) is 21.8. The zero-order chi connectivity index (χ0) is 106. The Labute approximate surface area is 856 Å². The van der Waals surface area contributed by atoms with Crippen molar-refractivity contribution in [1.29, 1.82) is 0 Å². The molecule has 0 unspecified atom stereocenters. The quantitative estimate of drug-likeness (QED) is 0.0343. The summed E-state index contributed by atoms with van der Waals surface area (Å²) in [5.41, 5.74) is 23.5. The summed E-state index contributed by atoms with van der Waals surface area (Å²) in [7, 11) is 2.97. The molecule has 12 heterocycles. The van der Waals surface area contributed by atoms with Gasteiger partial charge in [-0.15, -0.1) is 0 Å². The fraction of sp³-hybridized carbons (Fsp3) is 0.150. The smallest absolute Gasteiger partial charge is 0.419 e. The molecule has 0 aliphatic rings. The van der Waals surface area contributed by atoms with Gasteiger partial charge in [-0.1, -0.05) is 140 Å². The Balaban J connectivity index is 0.000000136. The molecule has 8 aromatic carbocycles. The second kappa shape index (κ2) is 44.0. The highest BCUT2D eigenvalue weighted by atomic mass is 19.4. The number of nitrogen functional groups attached to an aromatic ring is 2. The molecule has 12 aromatic heterocycles. The van der Waals surface area contributed by atoms with Gasteiger partial charge in [-0.05, 0) is 196 Å². The summed E-state index contributed by atoms with van der Waals surface area (Å²) in [5, 5.41) is 24.8. The first-order chi connectivity index (χ1) is 72.4. The minimum absolute atomic E-state index is 0.0260. The number of halogens is 3. The Morgan fingerprint density at radius 1 is 0.367 bits per heavy atom. The van der Waals surface area contributed by atoms with Gasteiger partial charge in [-0.25, -0.2) is 79.3 Å². The third-order valence-electron chi connectivity index (χ3n) is 24.7. The summed E-state index contributed by atoms with van der Waals surface area (Å²) in [6.45, 7) is 39.0. The number of hydrogen-bond donors (Lipinski definition) is 6. The Bertz CT molecular complexity index is 8950. The highest BCUT2D eigenvalue weighted by Gasteiger charge is 2.36. The predicted molar refractivity (Wildman–Crippen MR) is 572 cm³/mol. The van der Waals surface area contributed by atoms with Crippen LogP contribution < -0.4 is 59.1 Å². The maximum absolute atomic E-state index is 14.3. The average molecular weight is 2000 g/mol. The largest absolute Gasteiger partial charge is 0.506 e. The van der Waals surface area contributed by atoms with E-state index in [9.17, 15) is 37.5 Å². The molecule has 0 aliphatic carbocycles. The van der Waals surface area contributed by atoms with Crippen LogP contribution in [0.5, 0.6) is 17.8 Å². The van der Waals surface area contributed by atoms with E-state index in [0.717, 1.165) is 50.3 Å². The van der Waals surface area contributed by atoms with Crippen LogP contribution in [0.3, 0.4) is 0 Å². The highest BCUT2D eigenvalue weighted by Crippen LogP contribution is 2.41. The minimum atomic E-state index is -4.60. The van der Waals surface area contributed by atoms with Gasteiger partial charge in [-0.2, -0.15) is 13.2 Å². The van der Waals surface area contributed by atoms with Crippen LogP contribution in [-0.4, -0.2) is 112 Å². The summed E-state index contributed by atoms with van der Waals surface area (Å²) < 4.78 is 58.0. The Hall–Kier alpha value is -20.0. The van der Waals surface area contributed by atoms with Gasteiger partial charge in [0.15, 0.2) is 0 Å². The van der Waals surface area contributed by atoms with E-state index in [0.29, 0.717) is 135 Å². The molecule has 0 radical (unpaired) electrons. The number of ether oxygens (including phenoxy) is 2. The van der Waals surface area contributed by atoms with Gasteiger partial charge >= 0.3 is 18.2 Å². The lowest BCUT2D eigenvalue weighted by molar-refractivity contribution is -0.138. The monoisotopic (exact) mass is 2000 g/mol. The van der Waals surface area contributed by atoms with E-state index in [1.807, 2.05) is 224 Å². The Morgan fingerprint density at radius 2 is 0.700 bits per heavy atom. The number of para-hydroxylation sites is 2. The second-order valence-corrected chi connectivity index (χ2v) is 35.0. The number of hydrogen-bond acceptors (Lipinski definition) is 27. The molecule has 4 atom stereocenters. The van der Waals surface area contributed by atoms with E-state index in [1.54, 1.807) is 113 Å². The first-order valence-corrected chi connectivity index (χ1v) is 46.9. The van der Waals surface area contributed by atoms with Crippen molar-refractivity contribution >= 4 is 89.5 Å². The van der Waals surface area contributed by atoms with Crippen molar-refractivity contribution in [3.8, 4) is 85.0 Å². The lowest BCUT2D eigenvalue weighted by Crippen LogP contribution is -2.26. The van der Waals surface area contributed by atoms with Crippen molar-refractivity contribution in [3.05, 3.63) is 425 Å². The topological polar surface area (TPSA) is 421 Å². The van der Waals surface area contributed by atoms with Gasteiger partial charge in [0.2, 0.25) is 29.0 Å². The van der Waals surface area contributed by atoms with Crippen LogP contribution in [0.2, 0.25) is 0 Å². The predicted octanol–water partition coefficient (Wildman–Crippen LogP) is 21.5. The van der Waals surface area contributed by atoms with Gasteiger partial charge in [0.05, 0.1) is 91.1 Å². The van der Waals surface area contributed by atoms with Crippen LogP contribution >= 0.6 is 0 Å². The van der Waals surface area contributed by atoms with Crippen molar-refractivity contribution in [2.75, 3.05) is 41.6 Å². The molecule has 0 amide bonds. The van der Waals surface area contributed by atoms with Crippen molar-refractivity contribution < 1.29 is 27.8 Å². The van der Waals surface area contributed by atoms with Crippen LogP contribution in [0.25, 0.3) is 125 Å². The first kappa shape index (κ1) is 101. The van der Waals surface area contributed by atoms with Gasteiger partial charge in [-0.3, -0.25) is 47.4 Å². The highest BCUT2D eigenvalue weighted by molar-refractivity contribution is 6.00. The van der Waals surface area contributed by atoms with Crippen LogP contribution in [0.1, 0.15) is 114 Å². The summed E-state index contributed by atoms with van der Waals surface area (Å²) in [6, 6.07) is 65.0. The lowest BCUT2D eigenvalue weighted by Gasteiger charge is -2.22. The fourth-order valence-corrected chi connectivity index (χ4v) is 17.7. The number of benzene rings is 8. The molecular weight excluding hydrogens is 1900 g/mol. The van der Waals surface area contributed by atoms with E-state index < -0.39 is 29.7 Å². The van der Waals surface area contributed by atoms with E-state index >= 15 is 0 Å². The molecule has 0 fully saturated rings. The van der Waals surface area contributed by atoms with E-state index in [4.69, 9.17) is 40.7 Å². The fourth-order valence-electron chi connectivity index (χ4n) is 17.7. The maximum Gasteiger partial charge on any atom is 0.419 e.